The lowest BCUT2D eigenvalue weighted by Crippen LogP contribution is -2.33. The molecule has 6 fully saturated rings. The summed E-state index contributed by atoms with van der Waals surface area (Å²) in [5, 5.41) is 49.5. The van der Waals surface area contributed by atoms with E-state index in [-0.39, 0.29) is 69.0 Å². The van der Waals surface area contributed by atoms with Crippen molar-refractivity contribution in [1.82, 2.24) is 91.1 Å². The second-order valence-electron chi connectivity index (χ2n) is 31.0. The van der Waals surface area contributed by atoms with Gasteiger partial charge in [-0.3, -0.25) is 0 Å². The highest BCUT2D eigenvalue weighted by Gasteiger charge is 2.51. The van der Waals surface area contributed by atoms with Gasteiger partial charge in [-0.2, -0.15) is 29.9 Å². The Balaban J connectivity index is 0.000000123. The molecule has 6 aromatic carbocycles. The number of benzene rings is 6. The van der Waals surface area contributed by atoms with Gasteiger partial charge in [0.25, 0.3) is 0 Å². The van der Waals surface area contributed by atoms with Crippen LogP contribution in [0, 0.1) is 19.7 Å². The molecule has 6 aliphatic rings. The molecule has 24 N–H and O–H groups in total. The summed E-state index contributed by atoms with van der Waals surface area (Å²) >= 11 is 12.2. The molecule has 0 saturated heterocycles. The molecule has 118 heavy (non-hydrogen) atoms. The number of halogens is 3. The fraction of sp³-hybridized carbons (Fsp3) is 0.357. The van der Waals surface area contributed by atoms with E-state index in [0.29, 0.717) is 62.4 Å². The van der Waals surface area contributed by atoms with Crippen molar-refractivity contribution in [3.8, 4) is 5.75 Å². The molecule has 0 amide bonds. The fourth-order valence-corrected chi connectivity index (χ4v) is 18.1. The third kappa shape index (κ3) is 18.1. The second-order valence-corrected chi connectivity index (χ2v) is 31.9. The van der Waals surface area contributed by atoms with Gasteiger partial charge in [0, 0.05) is 43.0 Å². The van der Waals surface area contributed by atoms with Crippen LogP contribution in [0.4, 0.5) is 75.0 Å². The van der Waals surface area contributed by atoms with Crippen molar-refractivity contribution in [2.45, 2.75) is 181 Å². The highest BCUT2D eigenvalue weighted by molar-refractivity contribution is 6.35. The Morgan fingerprint density at radius 3 is 1.03 bits per heavy atom. The Morgan fingerprint density at radius 2 is 0.678 bits per heavy atom. The van der Waals surface area contributed by atoms with Gasteiger partial charge >= 0.3 is 0 Å². The van der Waals surface area contributed by atoms with Crippen LogP contribution in [0.2, 0.25) is 10.0 Å². The van der Waals surface area contributed by atoms with E-state index in [4.69, 9.17) is 96.7 Å². The van der Waals surface area contributed by atoms with Gasteiger partial charge < -0.3 is 73.5 Å². The van der Waals surface area contributed by atoms with Crippen molar-refractivity contribution < 1.29 is 9.13 Å². The molecule has 0 bridgehead atoms. The topological polar surface area (TPSA) is 553 Å². The van der Waals surface area contributed by atoms with E-state index < -0.39 is 5.41 Å². The fourth-order valence-electron chi connectivity index (χ4n) is 17.5. The number of rotatable bonds is 13. The Kier molecular flexibility index (Phi) is 25.3. The van der Waals surface area contributed by atoms with Crippen molar-refractivity contribution in [3.05, 3.63) is 240 Å². The van der Waals surface area contributed by atoms with Gasteiger partial charge in [0.05, 0.1) is 7.11 Å². The third-order valence-corrected chi connectivity index (χ3v) is 24.1. The maximum Gasteiger partial charge on any atom is 0.242 e. The molecule has 6 aliphatic carbocycles. The number of anilines is 12. The first-order valence-electron chi connectivity index (χ1n) is 39.4. The highest BCUT2D eigenvalue weighted by atomic mass is 35.5. The first-order chi connectivity index (χ1) is 56.8. The quantitative estimate of drug-likeness (QED) is 0.0510. The standard InChI is InChI=1S/C16H21N5.C15H19N5O.C15H19N5.C14H16FN5.C12H11Cl2N5.C12H13N5/c1-11-5-7-12(8-6-11)16(9-3-2-4-10-16)13-14(17)19-15(18)21-20-13;1-21-11-6-4-10(5-7-11)15(8-2-3-9-15)12-13(16)18-14(17)20-19-12;1-10-4-6-11(7-5-10)15(8-2-3-9-15)12-13(16)18-14(17)20-19-12;15-10-5-3-4-9(8-10)14(6-1-2-7-14)11-12(16)18-13(17)20-19-11;13-6-1-2-7(8(14)5-6)12(3-4-12)9-10(15)17-11(16)19-18-9;13-11-10(16-17-12(14)15-11)9-6-8(9)7-4-2-1-3-5-7/h5-8H,2-4,9-10H2,1H3,(H4,17,18,19,21);4-7H,2-3,8-9H2,1H3,(H4,16,17,18,20);4-7H,2-3,8-9H2,1H3,(H4,16,17,18,20);3-5,8H,1-2,6-7H2,(H4,16,17,18,20);1-2,5H,3-4H2,(H4,15,16,17,19);1-5,8-9H,6H2,(H4,13,14,15,17). The van der Waals surface area contributed by atoms with Crippen LogP contribution in [-0.2, 0) is 27.1 Å². The molecule has 0 aliphatic heterocycles. The van der Waals surface area contributed by atoms with Crippen LogP contribution in [0.15, 0.2) is 146 Å². The smallest absolute Gasteiger partial charge is 0.242 e. The number of methoxy groups -OCH3 is 1. The molecule has 12 aromatic rings. The van der Waals surface area contributed by atoms with Crippen molar-refractivity contribution >= 4 is 93.8 Å². The number of aromatic nitrogens is 18. The first-order valence-corrected chi connectivity index (χ1v) is 40.2. The number of hydrogen-bond donors (Lipinski definition) is 12. The van der Waals surface area contributed by atoms with Gasteiger partial charge in [-0.05, 0) is 160 Å². The van der Waals surface area contributed by atoms with Gasteiger partial charge in [-0.15, -0.1) is 61.2 Å². The Morgan fingerprint density at radius 1 is 0.331 bits per heavy atom. The molecule has 2 unspecified atom stereocenters. The van der Waals surface area contributed by atoms with Crippen molar-refractivity contribution in [2.75, 3.05) is 75.9 Å². The highest BCUT2D eigenvalue weighted by Crippen LogP contribution is 2.58. The van der Waals surface area contributed by atoms with Gasteiger partial charge in [0.1, 0.15) is 45.7 Å². The van der Waals surface area contributed by atoms with Crippen LogP contribution in [0.25, 0.3) is 0 Å². The Hall–Kier alpha value is -12.7. The van der Waals surface area contributed by atoms with Crippen LogP contribution in [-0.4, -0.2) is 98.2 Å². The van der Waals surface area contributed by atoms with Crippen LogP contribution >= 0.6 is 23.2 Å². The van der Waals surface area contributed by atoms with Gasteiger partial charge in [0.15, 0.2) is 34.9 Å². The number of hydrogen-bond acceptors (Lipinski definition) is 31. The van der Waals surface area contributed by atoms with Crippen LogP contribution in [0.5, 0.6) is 5.75 Å². The summed E-state index contributed by atoms with van der Waals surface area (Å²) in [6.07, 6.45) is 20.9. The number of aryl methyl sites for hydroxylation is 2. The molecular weight excluding hydrogens is 1540 g/mol. The average Bonchev–Trinajstić information content (AvgIpc) is 1.57. The number of nitrogens with zero attached hydrogens (tertiary/aromatic N) is 18. The van der Waals surface area contributed by atoms with Crippen LogP contribution in [0.1, 0.15) is 219 Å². The minimum absolute atomic E-state index is 0.0543. The average molecular weight is 1630 g/mol. The molecular formula is C84H99Cl2FN30O. The van der Waals surface area contributed by atoms with Crippen LogP contribution < -0.4 is 73.5 Å². The lowest BCUT2D eigenvalue weighted by molar-refractivity contribution is 0.336. The molecule has 18 rings (SSSR count). The maximum absolute atomic E-state index is 13.6. The zero-order valence-corrected chi connectivity index (χ0v) is 67.7. The van der Waals surface area contributed by atoms with Crippen molar-refractivity contribution in [3.63, 3.8) is 0 Å². The SMILES string of the molecule is COc1ccc(C2(c3nnc(N)nc3N)CCCC2)cc1.Cc1ccc(C2(c3nnc(N)nc3N)CCCC2)cc1.Cc1ccc(C2(c3nnc(N)nc3N)CCCCC2)cc1.Nc1nnc(C2(c3ccc(Cl)cc3Cl)CC2)c(N)n1.Nc1nnc(C2(c3cccc(F)c3)CCCC2)c(N)n1.Nc1nnc(C2CC2c2ccccc2)c(N)n1. The summed E-state index contributed by atoms with van der Waals surface area (Å²) < 4.78 is 18.8. The second kappa shape index (κ2) is 35.8. The minimum atomic E-state index is -0.403. The summed E-state index contributed by atoms with van der Waals surface area (Å²) in [5.74, 6) is 4.18. The molecule has 6 saturated carbocycles. The molecule has 34 heteroatoms. The zero-order valence-electron chi connectivity index (χ0n) is 66.2. The zero-order chi connectivity index (χ0) is 83.5. The molecule has 0 spiro atoms. The summed E-state index contributed by atoms with van der Waals surface area (Å²) in [5.41, 5.74) is 81.4. The third-order valence-electron chi connectivity index (χ3n) is 23.5. The summed E-state index contributed by atoms with van der Waals surface area (Å²) in [6.45, 7) is 4.18. The monoisotopic (exact) mass is 1630 g/mol. The summed E-state index contributed by atoms with van der Waals surface area (Å²) in [7, 11) is 1.66. The molecule has 612 valence electrons. The van der Waals surface area contributed by atoms with E-state index in [1.165, 1.54) is 71.6 Å². The van der Waals surface area contributed by atoms with E-state index >= 15 is 0 Å². The number of nitrogen functional groups attached to an aromatic ring is 12. The lowest BCUT2D eigenvalue weighted by Gasteiger charge is -2.37. The van der Waals surface area contributed by atoms with Crippen molar-refractivity contribution in [1.29, 1.82) is 0 Å². The molecule has 6 aromatic heterocycles. The lowest BCUT2D eigenvalue weighted by atomic mass is 9.67. The summed E-state index contributed by atoms with van der Waals surface area (Å²) in [4.78, 5) is 24.2. The first kappa shape index (κ1) is 83.2. The van der Waals surface area contributed by atoms with Crippen LogP contribution in [0.3, 0.4) is 0 Å². The Labute approximate surface area is 693 Å². The number of nitrogens with two attached hydrogens (primary N) is 12. The number of ether oxygens (including phenoxy) is 1. The van der Waals surface area contributed by atoms with E-state index in [9.17, 15) is 4.39 Å². The van der Waals surface area contributed by atoms with Gasteiger partial charge in [-0.1, -0.05) is 201 Å². The summed E-state index contributed by atoms with van der Waals surface area (Å²) in [6, 6.07) is 47.6. The van der Waals surface area contributed by atoms with Gasteiger partial charge in [0.2, 0.25) is 35.7 Å². The Bertz CT molecular complexity index is 5400. The normalized spacial score (nSPS) is 17.8. The van der Waals surface area contributed by atoms with E-state index in [1.54, 1.807) is 31.4 Å². The predicted molar refractivity (Wildman–Crippen MR) is 458 cm³/mol. The largest absolute Gasteiger partial charge is 0.497 e. The molecule has 2 atom stereocenters. The van der Waals surface area contributed by atoms with Crippen molar-refractivity contribution in [2.24, 2.45) is 0 Å². The molecule has 31 nitrogen and oxygen atoms in total. The maximum atomic E-state index is 13.6. The predicted octanol–water partition coefficient (Wildman–Crippen LogP) is 12.5. The van der Waals surface area contributed by atoms with E-state index in [0.717, 1.165) is 136 Å². The van der Waals surface area contributed by atoms with Gasteiger partial charge in [-0.25, -0.2) is 4.39 Å². The van der Waals surface area contributed by atoms with E-state index in [1.807, 2.05) is 42.5 Å². The molecule has 0 radical (unpaired) electrons. The van der Waals surface area contributed by atoms with E-state index in [2.05, 4.69) is 178 Å². The minimum Gasteiger partial charge on any atom is -0.497 e. The molecule has 6 heterocycles.